The van der Waals surface area contributed by atoms with Crippen LogP contribution < -0.4 is 4.57 Å². The van der Waals surface area contributed by atoms with Crippen molar-refractivity contribution in [2.24, 2.45) is 7.05 Å². The van der Waals surface area contributed by atoms with Gasteiger partial charge in [0.05, 0.1) is 13.6 Å². The molecule has 0 aliphatic carbocycles. The molecule has 0 aromatic carbocycles. The molecule has 60 valence electrons. The predicted octanol–water partition coefficient (Wildman–Crippen LogP) is 1.49. The van der Waals surface area contributed by atoms with E-state index in [4.69, 9.17) is 0 Å². The number of hydrogen-bond acceptors (Lipinski definition) is 0. The number of halogens is 2. The summed E-state index contributed by atoms with van der Waals surface area (Å²) in [5.74, 6) is 0. The van der Waals surface area contributed by atoms with Gasteiger partial charge in [0.2, 0.25) is 6.33 Å². The zero-order valence-electron chi connectivity index (χ0n) is 6.15. The van der Waals surface area contributed by atoms with Crippen molar-refractivity contribution in [2.45, 2.75) is 13.5 Å². The molecule has 0 saturated heterocycles. The van der Waals surface area contributed by atoms with E-state index in [9.17, 15) is 0 Å². The van der Waals surface area contributed by atoms with E-state index in [0.29, 0.717) is 0 Å². The number of rotatable bonds is 1. The summed E-state index contributed by atoms with van der Waals surface area (Å²) in [6.45, 7) is 3.18. The second kappa shape index (κ2) is 5.92. The minimum atomic E-state index is 0. The van der Waals surface area contributed by atoms with E-state index in [1.165, 1.54) is 0 Å². The molecule has 0 radical (unpaired) electrons. The molecule has 0 spiro atoms. The van der Waals surface area contributed by atoms with Crippen LogP contribution in [0.25, 0.3) is 0 Å². The SMILES string of the molecule is Br.Br.CCn1cc[n+](C)c1. The minimum Gasteiger partial charge on any atom is -0.240 e. The Balaban J connectivity index is 0. The summed E-state index contributed by atoms with van der Waals surface area (Å²) >= 11 is 0. The summed E-state index contributed by atoms with van der Waals surface area (Å²) < 4.78 is 4.16. The highest BCUT2D eigenvalue weighted by molar-refractivity contribution is 8.93. The molecule has 2 nitrogen and oxygen atoms in total. The van der Waals surface area contributed by atoms with Gasteiger partial charge in [-0.2, -0.15) is 0 Å². The zero-order valence-corrected chi connectivity index (χ0v) is 9.58. The van der Waals surface area contributed by atoms with E-state index in [1.54, 1.807) is 0 Å². The minimum absolute atomic E-state index is 0. The summed E-state index contributed by atoms with van der Waals surface area (Å²) in [6, 6.07) is 0. The first kappa shape index (κ1) is 12.8. The molecule has 0 saturated carbocycles. The lowest BCUT2D eigenvalue weighted by Gasteiger charge is -1.81. The fourth-order valence-electron chi connectivity index (χ4n) is 0.689. The third kappa shape index (κ3) is 3.37. The van der Waals surface area contributed by atoms with Crippen LogP contribution in [0.3, 0.4) is 0 Å². The lowest BCUT2D eigenvalue weighted by molar-refractivity contribution is -0.671. The van der Waals surface area contributed by atoms with E-state index in [-0.39, 0.29) is 34.0 Å². The normalized spacial score (nSPS) is 7.80. The number of nitrogens with zero attached hydrogens (tertiary/aromatic N) is 2. The summed E-state index contributed by atoms with van der Waals surface area (Å²) in [5, 5.41) is 0. The quantitative estimate of drug-likeness (QED) is 0.685. The Labute approximate surface area is 82.4 Å². The van der Waals surface area contributed by atoms with Gasteiger partial charge in [0.1, 0.15) is 12.4 Å². The molecule has 0 aliphatic rings. The molecule has 4 heteroatoms. The van der Waals surface area contributed by atoms with Crippen molar-refractivity contribution < 1.29 is 4.57 Å². The van der Waals surface area contributed by atoms with Crippen LogP contribution in [0.1, 0.15) is 6.92 Å². The Morgan fingerprint density at radius 1 is 1.40 bits per heavy atom. The maximum atomic E-state index is 2.12. The molecule has 0 atom stereocenters. The molecular weight excluding hydrogens is 260 g/mol. The van der Waals surface area contributed by atoms with Crippen molar-refractivity contribution in [3.05, 3.63) is 18.7 Å². The van der Waals surface area contributed by atoms with Gasteiger partial charge < -0.3 is 0 Å². The zero-order chi connectivity index (χ0) is 5.98. The van der Waals surface area contributed by atoms with Crippen molar-refractivity contribution in [1.29, 1.82) is 0 Å². The number of imidazole rings is 1. The molecule has 0 fully saturated rings. The molecule has 0 unspecified atom stereocenters. The van der Waals surface area contributed by atoms with E-state index in [0.717, 1.165) is 6.54 Å². The van der Waals surface area contributed by atoms with Crippen molar-refractivity contribution in [2.75, 3.05) is 0 Å². The predicted molar refractivity (Wildman–Crippen MR) is 51.9 cm³/mol. The Bertz CT molecular complexity index is 174. The van der Waals surface area contributed by atoms with Crippen molar-refractivity contribution in [1.82, 2.24) is 4.57 Å². The van der Waals surface area contributed by atoms with Crippen molar-refractivity contribution in [3.63, 3.8) is 0 Å². The summed E-state index contributed by atoms with van der Waals surface area (Å²) in [5.41, 5.74) is 0. The van der Waals surface area contributed by atoms with Gasteiger partial charge in [-0.1, -0.05) is 0 Å². The molecule has 0 amide bonds. The van der Waals surface area contributed by atoms with Crippen LogP contribution in [0.15, 0.2) is 18.7 Å². The first-order chi connectivity index (χ1) is 3.83. The molecule has 1 rings (SSSR count). The first-order valence-electron chi connectivity index (χ1n) is 2.84. The molecular formula is C6H13Br2N2+. The van der Waals surface area contributed by atoms with Gasteiger partial charge in [0.15, 0.2) is 0 Å². The standard InChI is InChI=1S/C6H11N2.2BrH/c1-3-8-5-4-7(2)6-8;;/h4-6H,3H2,1-2H3;2*1H/q+1;;. The van der Waals surface area contributed by atoms with Gasteiger partial charge in [0, 0.05) is 0 Å². The summed E-state index contributed by atoms with van der Waals surface area (Å²) in [7, 11) is 2.02. The monoisotopic (exact) mass is 271 g/mol. The molecule has 10 heavy (non-hydrogen) atoms. The second-order valence-corrected chi connectivity index (χ2v) is 1.91. The third-order valence-electron chi connectivity index (χ3n) is 1.19. The van der Waals surface area contributed by atoms with Gasteiger partial charge in [-0.25, -0.2) is 9.13 Å². The molecule has 0 N–H and O–H groups in total. The summed E-state index contributed by atoms with van der Waals surface area (Å²) in [6.07, 6.45) is 6.14. The topological polar surface area (TPSA) is 8.81 Å². The van der Waals surface area contributed by atoms with Crippen LogP contribution in [0.5, 0.6) is 0 Å². The van der Waals surface area contributed by atoms with Crippen LogP contribution in [0.2, 0.25) is 0 Å². The lowest BCUT2D eigenvalue weighted by atomic mass is 10.7. The molecule has 0 aliphatic heterocycles. The van der Waals surface area contributed by atoms with E-state index >= 15 is 0 Å². The highest BCUT2D eigenvalue weighted by Gasteiger charge is 1.92. The van der Waals surface area contributed by atoms with Gasteiger partial charge in [-0.15, -0.1) is 34.0 Å². The maximum absolute atomic E-state index is 2.12. The van der Waals surface area contributed by atoms with Crippen LogP contribution in [0, 0.1) is 0 Å². The van der Waals surface area contributed by atoms with Crippen molar-refractivity contribution >= 4 is 34.0 Å². The van der Waals surface area contributed by atoms with E-state index in [1.807, 2.05) is 17.8 Å². The Morgan fingerprint density at radius 2 is 2.00 bits per heavy atom. The summed E-state index contributed by atoms with van der Waals surface area (Å²) in [4.78, 5) is 0. The highest BCUT2D eigenvalue weighted by Crippen LogP contribution is 1.79. The largest absolute Gasteiger partial charge is 0.243 e. The molecule has 1 heterocycles. The van der Waals surface area contributed by atoms with E-state index in [2.05, 4.69) is 24.0 Å². The van der Waals surface area contributed by atoms with Crippen molar-refractivity contribution in [3.8, 4) is 0 Å². The van der Waals surface area contributed by atoms with Gasteiger partial charge >= 0.3 is 0 Å². The van der Waals surface area contributed by atoms with Gasteiger partial charge in [-0.3, -0.25) is 0 Å². The number of aryl methyl sites for hydroxylation is 2. The van der Waals surface area contributed by atoms with Gasteiger partial charge in [-0.05, 0) is 6.92 Å². The average Bonchev–Trinajstić information content (AvgIpc) is 2.14. The van der Waals surface area contributed by atoms with E-state index < -0.39 is 0 Å². The third-order valence-corrected chi connectivity index (χ3v) is 1.19. The fraction of sp³-hybridized carbons (Fsp3) is 0.500. The molecule has 1 aromatic heterocycles. The van der Waals surface area contributed by atoms with Gasteiger partial charge in [0.25, 0.3) is 0 Å². The van der Waals surface area contributed by atoms with Crippen LogP contribution in [-0.2, 0) is 13.6 Å². The lowest BCUT2D eigenvalue weighted by Crippen LogP contribution is -2.23. The molecule has 0 bridgehead atoms. The Morgan fingerprint density at radius 3 is 2.20 bits per heavy atom. The maximum Gasteiger partial charge on any atom is 0.243 e. The number of aromatic nitrogens is 2. The first-order valence-corrected chi connectivity index (χ1v) is 2.84. The van der Waals surface area contributed by atoms with Crippen LogP contribution >= 0.6 is 34.0 Å². The Hall–Kier alpha value is 0.170. The average molecular weight is 273 g/mol. The molecule has 1 aromatic rings. The fourth-order valence-corrected chi connectivity index (χ4v) is 0.689. The second-order valence-electron chi connectivity index (χ2n) is 1.91. The Kier molecular flexibility index (Phi) is 7.58. The van der Waals surface area contributed by atoms with Crippen LogP contribution in [-0.4, -0.2) is 4.57 Å². The number of hydrogen-bond donors (Lipinski definition) is 0. The smallest absolute Gasteiger partial charge is 0.240 e. The van der Waals surface area contributed by atoms with Crippen LogP contribution in [0.4, 0.5) is 0 Å². The highest BCUT2D eigenvalue weighted by atomic mass is 79.9.